The van der Waals surface area contributed by atoms with Crippen LogP contribution in [0.3, 0.4) is 0 Å². The molecule has 0 saturated heterocycles. The van der Waals surface area contributed by atoms with Crippen LogP contribution < -0.4 is 0 Å². The molecule has 0 aliphatic carbocycles. The molecule has 69 heavy (non-hydrogen) atoms. The normalized spacial score (nSPS) is 12.2. The number of esters is 3. The van der Waals surface area contributed by atoms with Crippen molar-refractivity contribution in [3.8, 4) is 0 Å². The highest BCUT2D eigenvalue weighted by Gasteiger charge is 2.19. The third-order valence-corrected chi connectivity index (χ3v) is 13.6. The lowest BCUT2D eigenvalue weighted by atomic mass is 10.0. The van der Waals surface area contributed by atoms with E-state index in [1.807, 2.05) is 0 Å². The van der Waals surface area contributed by atoms with E-state index in [-0.39, 0.29) is 31.1 Å². The largest absolute Gasteiger partial charge is 0.462 e. The highest BCUT2D eigenvalue weighted by Crippen LogP contribution is 2.17. The molecule has 0 aliphatic heterocycles. The van der Waals surface area contributed by atoms with Crippen LogP contribution in [0.1, 0.15) is 329 Å². The Morgan fingerprint density at radius 2 is 0.522 bits per heavy atom. The van der Waals surface area contributed by atoms with E-state index in [1.165, 1.54) is 218 Å². The van der Waals surface area contributed by atoms with E-state index >= 15 is 0 Å². The molecule has 0 heterocycles. The molecule has 6 heteroatoms. The molecule has 6 nitrogen and oxygen atoms in total. The fourth-order valence-electron chi connectivity index (χ4n) is 9.00. The fourth-order valence-corrected chi connectivity index (χ4v) is 9.00. The monoisotopic (exact) mass is 969 g/mol. The summed E-state index contributed by atoms with van der Waals surface area (Å²) in [5.41, 5.74) is 0. The van der Waals surface area contributed by atoms with Gasteiger partial charge in [-0.2, -0.15) is 0 Å². The smallest absolute Gasteiger partial charge is 0.306 e. The Kier molecular flexibility index (Phi) is 56.2. The fraction of sp³-hybridized carbons (Fsp3) is 0.857. The average Bonchev–Trinajstić information content (AvgIpc) is 3.35. The van der Waals surface area contributed by atoms with Crippen LogP contribution in [0.25, 0.3) is 0 Å². The predicted octanol–water partition coefficient (Wildman–Crippen LogP) is 20.4. The summed E-state index contributed by atoms with van der Waals surface area (Å²) in [7, 11) is 0. The van der Waals surface area contributed by atoms with Gasteiger partial charge in [0.05, 0.1) is 0 Å². The summed E-state index contributed by atoms with van der Waals surface area (Å²) in [6.45, 7) is 6.65. The third-order valence-electron chi connectivity index (χ3n) is 13.6. The van der Waals surface area contributed by atoms with Gasteiger partial charge in [-0.25, -0.2) is 0 Å². The average molecular weight is 970 g/mol. The van der Waals surface area contributed by atoms with Crippen molar-refractivity contribution in [2.24, 2.45) is 0 Å². The first-order valence-corrected chi connectivity index (χ1v) is 30.5. The van der Waals surface area contributed by atoms with Gasteiger partial charge in [0.2, 0.25) is 0 Å². The minimum absolute atomic E-state index is 0.0731. The van der Waals surface area contributed by atoms with Gasteiger partial charge < -0.3 is 14.2 Å². The Morgan fingerprint density at radius 3 is 0.841 bits per heavy atom. The van der Waals surface area contributed by atoms with Crippen LogP contribution in [0, 0.1) is 0 Å². The van der Waals surface area contributed by atoms with Crippen molar-refractivity contribution in [2.45, 2.75) is 335 Å². The summed E-state index contributed by atoms with van der Waals surface area (Å²) >= 11 is 0. The lowest BCUT2D eigenvalue weighted by Gasteiger charge is -2.18. The molecule has 0 rings (SSSR count). The van der Waals surface area contributed by atoms with Gasteiger partial charge in [-0.15, -0.1) is 0 Å². The summed E-state index contributed by atoms with van der Waals surface area (Å²) in [6.07, 6.45) is 69.9. The number of carbonyl (C=O) groups excluding carboxylic acids is 3. The molecular weight excluding hydrogens is 853 g/mol. The first-order chi connectivity index (χ1) is 34.0. The van der Waals surface area contributed by atoms with Crippen molar-refractivity contribution in [3.63, 3.8) is 0 Å². The molecular formula is C63H116O6. The molecule has 1 atom stereocenters. The summed E-state index contributed by atoms with van der Waals surface area (Å²) in [4.78, 5) is 38.2. The Balaban J connectivity index is 4.34. The predicted molar refractivity (Wildman–Crippen MR) is 298 cm³/mol. The van der Waals surface area contributed by atoms with Crippen LogP contribution in [0.15, 0.2) is 36.5 Å². The lowest BCUT2D eigenvalue weighted by Crippen LogP contribution is -2.30. The van der Waals surface area contributed by atoms with E-state index in [4.69, 9.17) is 14.2 Å². The molecule has 0 bridgehead atoms. The molecule has 0 amide bonds. The van der Waals surface area contributed by atoms with Crippen molar-refractivity contribution in [1.82, 2.24) is 0 Å². The number of carbonyl (C=O) groups is 3. The lowest BCUT2D eigenvalue weighted by molar-refractivity contribution is -0.167. The van der Waals surface area contributed by atoms with E-state index in [0.717, 1.165) is 70.6 Å². The zero-order valence-corrected chi connectivity index (χ0v) is 46.3. The molecule has 0 fully saturated rings. The van der Waals surface area contributed by atoms with E-state index < -0.39 is 6.10 Å². The van der Waals surface area contributed by atoms with Gasteiger partial charge in [0.25, 0.3) is 0 Å². The molecule has 0 radical (unpaired) electrons. The topological polar surface area (TPSA) is 78.9 Å². The van der Waals surface area contributed by atoms with Crippen molar-refractivity contribution in [2.75, 3.05) is 13.2 Å². The van der Waals surface area contributed by atoms with Gasteiger partial charge in [-0.1, -0.05) is 269 Å². The first-order valence-electron chi connectivity index (χ1n) is 30.5. The van der Waals surface area contributed by atoms with Gasteiger partial charge in [0.1, 0.15) is 13.2 Å². The molecule has 0 N–H and O–H groups in total. The van der Waals surface area contributed by atoms with Gasteiger partial charge >= 0.3 is 17.9 Å². The van der Waals surface area contributed by atoms with Crippen LogP contribution in [0.5, 0.6) is 0 Å². The molecule has 0 aromatic rings. The first kappa shape index (κ1) is 66.6. The Hall–Kier alpha value is -2.37. The summed E-state index contributed by atoms with van der Waals surface area (Å²) < 4.78 is 16.9. The number of allylic oxidation sites excluding steroid dienone is 6. The summed E-state index contributed by atoms with van der Waals surface area (Å²) in [5.74, 6) is -0.864. The standard InChI is InChI=1S/C63H116O6/c1-4-7-10-13-16-19-22-25-28-30-31-33-35-38-41-44-47-50-53-56-62(65)68-59-60(58-67-61(64)55-52-49-46-43-40-37-34-27-24-21-18-15-12-9-6-3)69-63(66)57-54-51-48-45-42-39-36-32-29-26-23-20-17-14-11-8-5-2/h16,19,25,27-28,34,60H,4-15,17-18,20-24,26,29-33,35-59H2,1-3H3/b19-16-,28-25-,34-27-/t60-/m1/s1. The van der Waals surface area contributed by atoms with Gasteiger partial charge in [-0.05, 0) is 77.0 Å². The molecule has 0 aliphatic rings. The minimum Gasteiger partial charge on any atom is -0.462 e. The maximum Gasteiger partial charge on any atom is 0.306 e. The van der Waals surface area contributed by atoms with E-state index in [1.54, 1.807) is 0 Å². The SMILES string of the molecule is CCCCC/C=C\C/C=C\CCCCCCCCCCCC(=O)OC[C@@H](COC(=O)CCCCCCC/C=C\CCCCCCCC)OC(=O)CCCCCCCCCCCCCCCCCCC. The van der Waals surface area contributed by atoms with Crippen molar-refractivity contribution in [3.05, 3.63) is 36.5 Å². The molecule has 0 spiro atoms. The Bertz CT molecular complexity index is 1160. The van der Waals surface area contributed by atoms with Gasteiger partial charge in [0, 0.05) is 19.3 Å². The molecule has 404 valence electrons. The molecule has 0 saturated carbocycles. The van der Waals surface area contributed by atoms with Crippen LogP contribution in [-0.2, 0) is 28.6 Å². The number of unbranched alkanes of at least 4 members (excludes halogenated alkanes) is 39. The third kappa shape index (κ3) is 56.4. The van der Waals surface area contributed by atoms with E-state index in [9.17, 15) is 14.4 Å². The number of ether oxygens (including phenoxy) is 3. The van der Waals surface area contributed by atoms with Crippen LogP contribution in [0.4, 0.5) is 0 Å². The van der Waals surface area contributed by atoms with Crippen molar-refractivity contribution >= 4 is 17.9 Å². The van der Waals surface area contributed by atoms with Gasteiger partial charge in [-0.3, -0.25) is 14.4 Å². The Morgan fingerprint density at radius 1 is 0.290 bits per heavy atom. The van der Waals surface area contributed by atoms with Crippen molar-refractivity contribution in [1.29, 1.82) is 0 Å². The number of hydrogen-bond donors (Lipinski definition) is 0. The Labute approximate surface area is 429 Å². The maximum atomic E-state index is 12.9. The maximum absolute atomic E-state index is 12.9. The zero-order valence-electron chi connectivity index (χ0n) is 46.3. The minimum atomic E-state index is -0.774. The summed E-state index contributed by atoms with van der Waals surface area (Å²) in [5, 5.41) is 0. The second kappa shape index (κ2) is 58.2. The number of rotatable bonds is 56. The van der Waals surface area contributed by atoms with Crippen LogP contribution >= 0.6 is 0 Å². The van der Waals surface area contributed by atoms with Crippen LogP contribution in [0.2, 0.25) is 0 Å². The highest BCUT2D eigenvalue weighted by atomic mass is 16.6. The number of hydrogen-bond acceptors (Lipinski definition) is 6. The van der Waals surface area contributed by atoms with E-state index in [2.05, 4.69) is 57.2 Å². The highest BCUT2D eigenvalue weighted by molar-refractivity contribution is 5.71. The zero-order chi connectivity index (χ0) is 50.0. The van der Waals surface area contributed by atoms with Gasteiger partial charge in [0.15, 0.2) is 6.10 Å². The molecule has 0 unspecified atom stereocenters. The molecule has 0 aromatic carbocycles. The quantitative estimate of drug-likeness (QED) is 0.0261. The van der Waals surface area contributed by atoms with Crippen LogP contribution in [-0.4, -0.2) is 37.2 Å². The van der Waals surface area contributed by atoms with Crippen molar-refractivity contribution < 1.29 is 28.6 Å². The summed E-state index contributed by atoms with van der Waals surface area (Å²) in [6, 6.07) is 0. The second-order valence-electron chi connectivity index (χ2n) is 20.6. The second-order valence-corrected chi connectivity index (χ2v) is 20.6. The molecule has 0 aromatic heterocycles. The van der Waals surface area contributed by atoms with E-state index in [0.29, 0.717) is 19.3 Å².